The molecule has 3 aromatic rings. The van der Waals surface area contributed by atoms with Crippen molar-refractivity contribution in [2.45, 2.75) is 33.6 Å². The topological polar surface area (TPSA) is 92.0 Å². The Morgan fingerprint density at radius 2 is 1.81 bits per heavy atom. The molecule has 0 bridgehead atoms. The first kappa shape index (κ1) is 18.6. The van der Waals surface area contributed by atoms with Gasteiger partial charge in [-0.25, -0.2) is 0 Å². The van der Waals surface area contributed by atoms with E-state index in [9.17, 15) is 10.3 Å². The highest BCUT2D eigenvalue weighted by atomic mass is 16.4. The lowest BCUT2D eigenvalue weighted by atomic mass is 9.86. The zero-order chi connectivity index (χ0) is 19.6. The van der Waals surface area contributed by atoms with E-state index in [0.29, 0.717) is 5.56 Å². The predicted octanol–water partition coefficient (Wildman–Crippen LogP) is 4.98. The molecule has 140 valence electrons. The van der Waals surface area contributed by atoms with Crippen molar-refractivity contribution < 1.29 is 14.7 Å². The summed E-state index contributed by atoms with van der Waals surface area (Å²) in [5, 5.41) is 22.3. The molecule has 27 heavy (non-hydrogen) atoms. The van der Waals surface area contributed by atoms with Crippen LogP contribution in [-0.2, 0) is 6.42 Å². The van der Waals surface area contributed by atoms with Crippen LogP contribution in [0.4, 0.5) is 0 Å². The van der Waals surface area contributed by atoms with Crippen molar-refractivity contribution >= 4 is 5.84 Å². The number of furan rings is 1. The maximum atomic E-state index is 9.68. The van der Waals surface area contributed by atoms with Crippen molar-refractivity contribution in [1.82, 2.24) is 0 Å². The largest absolute Gasteiger partial charge is 0.508 e. The molecule has 3 rings (SSSR count). The van der Waals surface area contributed by atoms with Crippen molar-refractivity contribution in [3.8, 4) is 28.0 Å². The van der Waals surface area contributed by atoms with Gasteiger partial charge in [0.1, 0.15) is 11.5 Å². The quantitative estimate of drug-likeness (QED) is 0.258. The van der Waals surface area contributed by atoms with Gasteiger partial charge in [0, 0.05) is 16.7 Å². The number of nitrogens with two attached hydrogens (primary N) is 1. The molecule has 0 aliphatic rings. The van der Waals surface area contributed by atoms with Crippen LogP contribution in [0, 0.1) is 13.8 Å². The summed E-state index contributed by atoms with van der Waals surface area (Å²) in [5.74, 6) is 1.03. The lowest BCUT2D eigenvalue weighted by Gasteiger charge is -2.18. The molecule has 0 aliphatic carbocycles. The third-order valence-corrected chi connectivity index (χ3v) is 4.71. The molecule has 0 unspecified atom stereocenters. The first-order valence-electron chi connectivity index (χ1n) is 8.95. The Kier molecular flexibility index (Phi) is 5.21. The SMILES string of the molecule is CCCc1cc(/C(N)=N/O)c(-c2c(C)coc2C)c(-c2ccc(O)cc2)c1. The van der Waals surface area contributed by atoms with E-state index in [0.717, 1.165) is 52.0 Å². The van der Waals surface area contributed by atoms with E-state index in [1.165, 1.54) is 0 Å². The summed E-state index contributed by atoms with van der Waals surface area (Å²) in [5.41, 5.74) is 12.5. The summed E-state index contributed by atoms with van der Waals surface area (Å²) in [6.45, 7) is 5.99. The number of benzene rings is 2. The standard InChI is InChI=1S/C22H24N2O3/c1-4-5-15-10-18(16-6-8-17(25)9-7-16)21(19(11-15)22(23)24-26)20-13(2)12-27-14(20)3/h6-12,25-26H,4-5H2,1-3H3,(H2,23,24). The molecule has 0 saturated heterocycles. The monoisotopic (exact) mass is 364 g/mol. The zero-order valence-electron chi connectivity index (χ0n) is 15.8. The van der Waals surface area contributed by atoms with E-state index in [2.05, 4.69) is 18.1 Å². The Morgan fingerprint density at radius 1 is 1.11 bits per heavy atom. The number of hydrogen-bond acceptors (Lipinski definition) is 4. The summed E-state index contributed by atoms with van der Waals surface area (Å²) >= 11 is 0. The van der Waals surface area contributed by atoms with E-state index in [4.69, 9.17) is 10.2 Å². The third kappa shape index (κ3) is 3.53. The van der Waals surface area contributed by atoms with Crippen LogP contribution >= 0.6 is 0 Å². The van der Waals surface area contributed by atoms with Gasteiger partial charge in [0.25, 0.3) is 0 Å². The van der Waals surface area contributed by atoms with Crippen molar-refractivity contribution in [2.75, 3.05) is 0 Å². The summed E-state index contributed by atoms with van der Waals surface area (Å²) < 4.78 is 5.62. The molecule has 0 radical (unpaired) electrons. The van der Waals surface area contributed by atoms with Crippen LogP contribution in [-0.4, -0.2) is 16.1 Å². The zero-order valence-corrected chi connectivity index (χ0v) is 15.8. The number of phenolic OH excluding ortho intramolecular Hbond substituents is 1. The molecule has 0 atom stereocenters. The number of hydrogen-bond donors (Lipinski definition) is 3. The van der Waals surface area contributed by atoms with Crippen LogP contribution in [0.5, 0.6) is 5.75 Å². The fourth-order valence-corrected chi connectivity index (χ4v) is 3.47. The predicted molar refractivity (Wildman–Crippen MR) is 107 cm³/mol. The molecule has 5 heteroatoms. The second kappa shape index (κ2) is 7.58. The first-order chi connectivity index (χ1) is 13.0. The van der Waals surface area contributed by atoms with Crippen molar-refractivity contribution in [3.63, 3.8) is 0 Å². The average Bonchev–Trinajstić information content (AvgIpc) is 2.99. The second-order valence-corrected chi connectivity index (χ2v) is 6.70. The van der Waals surface area contributed by atoms with Gasteiger partial charge in [0.05, 0.1) is 6.26 Å². The van der Waals surface area contributed by atoms with Crippen molar-refractivity contribution in [1.29, 1.82) is 0 Å². The van der Waals surface area contributed by atoms with Crippen LogP contribution in [0.2, 0.25) is 0 Å². The molecule has 0 amide bonds. The minimum Gasteiger partial charge on any atom is -0.508 e. The Bertz CT molecular complexity index is 966. The average molecular weight is 364 g/mol. The molecular weight excluding hydrogens is 340 g/mol. The Hall–Kier alpha value is -3.21. The Balaban J connectivity index is 2.41. The molecule has 1 aromatic heterocycles. The normalized spacial score (nSPS) is 11.7. The summed E-state index contributed by atoms with van der Waals surface area (Å²) in [6, 6.07) is 11.2. The van der Waals surface area contributed by atoms with E-state index in [1.807, 2.05) is 32.0 Å². The smallest absolute Gasteiger partial charge is 0.170 e. The lowest BCUT2D eigenvalue weighted by molar-refractivity contribution is 0.318. The minimum atomic E-state index is 0.0583. The molecule has 0 spiro atoms. The van der Waals surface area contributed by atoms with Gasteiger partial charge < -0.3 is 20.5 Å². The molecule has 4 N–H and O–H groups in total. The number of aromatic hydroxyl groups is 1. The fourth-order valence-electron chi connectivity index (χ4n) is 3.47. The van der Waals surface area contributed by atoms with Gasteiger partial charge in [-0.15, -0.1) is 0 Å². The summed E-state index contributed by atoms with van der Waals surface area (Å²) in [4.78, 5) is 0. The fraction of sp³-hybridized carbons (Fsp3) is 0.227. The number of rotatable bonds is 5. The van der Waals surface area contributed by atoms with Crippen LogP contribution in [0.15, 0.2) is 52.2 Å². The van der Waals surface area contributed by atoms with Gasteiger partial charge in [-0.1, -0.05) is 36.7 Å². The maximum Gasteiger partial charge on any atom is 0.170 e. The number of phenols is 1. The van der Waals surface area contributed by atoms with E-state index >= 15 is 0 Å². The number of nitrogens with zero attached hydrogens (tertiary/aromatic N) is 1. The van der Waals surface area contributed by atoms with Gasteiger partial charge in [0.15, 0.2) is 5.84 Å². The number of amidine groups is 1. The highest BCUT2D eigenvalue weighted by molar-refractivity contribution is 6.07. The highest BCUT2D eigenvalue weighted by Gasteiger charge is 2.22. The van der Waals surface area contributed by atoms with Gasteiger partial charge in [-0.3, -0.25) is 0 Å². The van der Waals surface area contributed by atoms with E-state index < -0.39 is 0 Å². The lowest BCUT2D eigenvalue weighted by Crippen LogP contribution is -2.16. The first-order valence-corrected chi connectivity index (χ1v) is 8.95. The number of aryl methyl sites for hydroxylation is 3. The molecule has 0 aliphatic heterocycles. The van der Waals surface area contributed by atoms with Crippen LogP contribution in [0.25, 0.3) is 22.3 Å². The molecular formula is C22H24N2O3. The Labute approximate surface area is 158 Å². The molecule has 2 aromatic carbocycles. The minimum absolute atomic E-state index is 0.0583. The highest BCUT2D eigenvalue weighted by Crippen LogP contribution is 2.40. The van der Waals surface area contributed by atoms with E-state index in [1.54, 1.807) is 18.4 Å². The van der Waals surface area contributed by atoms with Crippen LogP contribution < -0.4 is 5.73 Å². The van der Waals surface area contributed by atoms with Gasteiger partial charge >= 0.3 is 0 Å². The molecule has 1 heterocycles. The summed E-state index contributed by atoms with van der Waals surface area (Å²) in [6.07, 6.45) is 3.56. The van der Waals surface area contributed by atoms with Crippen LogP contribution in [0.1, 0.15) is 35.8 Å². The van der Waals surface area contributed by atoms with Gasteiger partial charge in [0.2, 0.25) is 0 Å². The summed E-state index contributed by atoms with van der Waals surface area (Å²) in [7, 11) is 0. The van der Waals surface area contributed by atoms with Gasteiger partial charge in [-0.05, 0) is 60.7 Å². The molecule has 0 saturated carbocycles. The van der Waals surface area contributed by atoms with Crippen molar-refractivity contribution in [3.05, 3.63) is 65.1 Å². The van der Waals surface area contributed by atoms with E-state index in [-0.39, 0.29) is 11.6 Å². The third-order valence-electron chi connectivity index (χ3n) is 4.71. The van der Waals surface area contributed by atoms with Crippen LogP contribution in [0.3, 0.4) is 0 Å². The maximum absolute atomic E-state index is 9.68. The van der Waals surface area contributed by atoms with Gasteiger partial charge in [-0.2, -0.15) is 0 Å². The molecule has 0 fully saturated rings. The Morgan fingerprint density at radius 3 is 2.37 bits per heavy atom. The molecule has 5 nitrogen and oxygen atoms in total. The second-order valence-electron chi connectivity index (χ2n) is 6.70. The number of oxime groups is 1. The van der Waals surface area contributed by atoms with Crippen molar-refractivity contribution in [2.24, 2.45) is 10.9 Å².